The highest BCUT2D eigenvalue weighted by Crippen LogP contribution is 2.37. The molecule has 1 aromatic carbocycles. The Bertz CT molecular complexity index is 683. The van der Waals surface area contributed by atoms with E-state index in [-0.39, 0.29) is 18.3 Å². The minimum atomic E-state index is -0.311. The van der Waals surface area contributed by atoms with Gasteiger partial charge in [0.15, 0.2) is 0 Å². The van der Waals surface area contributed by atoms with Gasteiger partial charge in [0.2, 0.25) is 0 Å². The topological polar surface area (TPSA) is 59.3 Å². The zero-order valence-electron chi connectivity index (χ0n) is 15.0. The largest absolute Gasteiger partial charge is 0.466 e. The van der Waals surface area contributed by atoms with E-state index in [9.17, 15) is 10.1 Å². The average molecular weight is 339 g/mol. The molecule has 1 aliphatic heterocycles. The van der Waals surface area contributed by atoms with Gasteiger partial charge in [0, 0.05) is 12.3 Å². The van der Waals surface area contributed by atoms with Crippen molar-refractivity contribution in [3.8, 4) is 6.07 Å². The number of esters is 1. The van der Waals surface area contributed by atoms with E-state index in [1.165, 1.54) is 0 Å². The second-order valence-corrected chi connectivity index (χ2v) is 6.01. The van der Waals surface area contributed by atoms with Crippen LogP contribution in [0.4, 0.5) is 0 Å². The van der Waals surface area contributed by atoms with Crippen molar-refractivity contribution in [1.29, 1.82) is 5.26 Å². The van der Waals surface area contributed by atoms with Gasteiger partial charge >= 0.3 is 5.97 Å². The second kappa shape index (κ2) is 9.68. The smallest absolute Gasteiger partial charge is 0.313 e. The lowest BCUT2D eigenvalue weighted by Gasteiger charge is -2.25. The first-order chi connectivity index (χ1) is 12.2. The van der Waals surface area contributed by atoms with Crippen molar-refractivity contribution in [3.63, 3.8) is 0 Å². The number of carbonyl (C=O) groups is 1. The van der Waals surface area contributed by atoms with Gasteiger partial charge < -0.3 is 9.47 Å². The van der Waals surface area contributed by atoms with Crippen molar-refractivity contribution in [2.24, 2.45) is 0 Å². The van der Waals surface area contributed by atoms with Crippen LogP contribution in [0.15, 0.2) is 53.5 Å². The molecule has 1 atom stereocenters. The molecule has 1 aromatic rings. The van der Waals surface area contributed by atoms with Crippen molar-refractivity contribution in [1.82, 2.24) is 0 Å². The van der Waals surface area contributed by atoms with Gasteiger partial charge in [-0.3, -0.25) is 4.79 Å². The molecule has 1 heterocycles. The fourth-order valence-electron chi connectivity index (χ4n) is 2.92. The summed E-state index contributed by atoms with van der Waals surface area (Å²) in [4.78, 5) is 11.8. The molecule has 132 valence electrons. The van der Waals surface area contributed by atoms with Crippen LogP contribution < -0.4 is 0 Å². The summed E-state index contributed by atoms with van der Waals surface area (Å²) in [7, 11) is 0. The molecule has 0 radical (unpaired) electrons. The predicted molar refractivity (Wildman–Crippen MR) is 96.4 cm³/mol. The summed E-state index contributed by atoms with van der Waals surface area (Å²) < 4.78 is 11.0. The number of nitriles is 1. The first-order valence-corrected chi connectivity index (χ1v) is 8.91. The molecule has 0 fully saturated rings. The van der Waals surface area contributed by atoms with E-state index in [1.807, 2.05) is 36.4 Å². The Morgan fingerprint density at radius 2 is 2.00 bits per heavy atom. The van der Waals surface area contributed by atoms with Crippen LogP contribution in [0.25, 0.3) is 0 Å². The molecule has 1 aliphatic rings. The van der Waals surface area contributed by atoms with E-state index in [0.29, 0.717) is 30.1 Å². The van der Waals surface area contributed by atoms with Gasteiger partial charge in [-0.05, 0) is 25.0 Å². The number of hydrogen-bond donors (Lipinski definition) is 0. The van der Waals surface area contributed by atoms with Crippen LogP contribution in [0.3, 0.4) is 0 Å². The van der Waals surface area contributed by atoms with E-state index in [0.717, 1.165) is 24.8 Å². The van der Waals surface area contributed by atoms with Crippen LogP contribution in [0.2, 0.25) is 0 Å². The molecule has 4 nitrogen and oxygen atoms in total. The summed E-state index contributed by atoms with van der Waals surface area (Å²) in [6.45, 7) is 4.27. The third-order valence-electron chi connectivity index (χ3n) is 4.13. The lowest BCUT2D eigenvalue weighted by molar-refractivity contribution is -0.142. The van der Waals surface area contributed by atoms with Crippen molar-refractivity contribution < 1.29 is 14.3 Å². The molecule has 0 saturated carbocycles. The predicted octanol–water partition coefficient (Wildman–Crippen LogP) is 5.00. The number of unbranched alkanes of at least 4 members (excludes halogenated alkanes) is 2. The summed E-state index contributed by atoms with van der Waals surface area (Å²) in [5.74, 6) is 0.763. The fourth-order valence-corrected chi connectivity index (χ4v) is 2.92. The highest BCUT2D eigenvalue weighted by atomic mass is 16.5. The number of benzene rings is 1. The molecule has 0 saturated heterocycles. The van der Waals surface area contributed by atoms with E-state index < -0.39 is 0 Å². The highest BCUT2D eigenvalue weighted by molar-refractivity contribution is 5.72. The van der Waals surface area contributed by atoms with Crippen LogP contribution >= 0.6 is 0 Å². The van der Waals surface area contributed by atoms with Gasteiger partial charge in [0.05, 0.1) is 18.2 Å². The molecule has 25 heavy (non-hydrogen) atoms. The van der Waals surface area contributed by atoms with Crippen molar-refractivity contribution in [3.05, 3.63) is 59.1 Å². The maximum absolute atomic E-state index is 11.8. The number of allylic oxidation sites excluding steroid dienone is 3. The normalized spacial score (nSPS) is 16.7. The molecule has 2 rings (SSSR count). The van der Waals surface area contributed by atoms with Gasteiger partial charge in [0.25, 0.3) is 0 Å². The summed E-state index contributed by atoms with van der Waals surface area (Å²) in [6, 6.07) is 12.2. The molecule has 0 aromatic heterocycles. The van der Waals surface area contributed by atoms with E-state index >= 15 is 0 Å². The van der Waals surface area contributed by atoms with Crippen LogP contribution in [0.5, 0.6) is 0 Å². The van der Waals surface area contributed by atoms with E-state index in [2.05, 4.69) is 13.0 Å². The molecule has 0 aliphatic carbocycles. The number of carbonyl (C=O) groups excluding carboxylic acids is 1. The second-order valence-electron chi connectivity index (χ2n) is 6.01. The maximum atomic E-state index is 11.8. The van der Waals surface area contributed by atoms with Crippen molar-refractivity contribution >= 4 is 5.97 Å². The fraction of sp³-hybridized carbons (Fsp3) is 0.429. The van der Waals surface area contributed by atoms with Gasteiger partial charge in [-0.2, -0.15) is 5.26 Å². The van der Waals surface area contributed by atoms with Crippen LogP contribution in [-0.4, -0.2) is 12.6 Å². The third-order valence-corrected chi connectivity index (χ3v) is 4.13. The lowest BCUT2D eigenvalue weighted by Crippen LogP contribution is -2.15. The van der Waals surface area contributed by atoms with Crippen LogP contribution in [0.1, 0.15) is 57.4 Å². The van der Waals surface area contributed by atoms with Gasteiger partial charge in [-0.1, -0.05) is 50.1 Å². The Hall–Kier alpha value is -2.54. The van der Waals surface area contributed by atoms with Crippen molar-refractivity contribution in [2.45, 2.75) is 51.9 Å². The first kappa shape index (κ1) is 18.8. The molecule has 0 bridgehead atoms. The Labute approximate surface area is 149 Å². The van der Waals surface area contributed by atoms with Crippen molar-refractivity contribution in [2.75, 3.05) is 6.61 Å². The highest BCUT2D eigenvalue weighted by Gasteiger charge is 2.27. The third kappa shape index (κ3) is 5.22. The molecule has 0 amide bonds. The first-order valence-electron chi connectivity index (χ1n) is 8.91. The number of hydrogen-bond acceptors (Lipinski definition) is 4. The Morgan fingerprint density at radius 1 is 1.24 bits per heavy atom. The van der Waals surface area contributed by atoms with E-state index in [4.69, 9.17) is 9.47 Å². The summed E-state index contributed by atoms with van der Waals surface area (Å²) >= 11 is 0. The quantitative estimate of drug-likeness (QED) is 0.494. The number of nitrogens with zero attached hydrogens (tertiary/aromatic N) is 1. The summed E-state index contributed by atoms with van der Waals surface area (Å²) in [5.41, 5.74) is 1.66. The summed E-state index contributed by atoms with van der Waals surface area (Å²) in [6.07, 6.45) is 5.81. The van der Waals surface area contributed by atoms with Gasteiger partial charge in [-0.25, -0.2) is 0 Å². The lowest BCUT2D eigenvalue weighted by atomic mass is 9.87. The Balaban J connectivity index is 2.31. The standard InChI is InChI=1S/C21H25NO3/c1-3-5-7-12-20-19(15-22)18(16-10-8-6-9-11-16)13-17(25-20)14-21(23)24-4-2/h6,8-11,13,18H,3-5,7,12,14H2,1-2H3/t18-/m1/s1. The number of rotatable bonds is 8. The minimum Gasteiger partial charge on any atom is -0.466 e. The van der Waals surface area contributed by atoms with Crippen LogP contribution in [-0.2, 0) is 14.3 Å². The summed E-state index contributed by atoms with van der Waals surface area (Å²) in [5, 5.41) is 9.69. The zero-order valence-corrected chi connectivity index (χ0v) is 15.0. The minimum absolute atomic E-state index is 0.0904. The van der Waals surface area contributed by atoms with E-state index in [1.54, 1.807) is 6.92 Å². The molecule has 0 N–H and O–H groups in total. The molecule has 0 unspecified atom stereocenters. The average Bonchev–Trinajstić information content (AvgIpc) is 2.62. The Morgan fingerprint density at radius 3 is 2.64 bits per heavy atom. The monoisotopic (exact) mass is 339 g/mol. The number of ether oxygens (including phenoxy) is 2. The molecular weight excluding hydrogens is 314 g/mol. The Kier molecular flexibility index (Phi) is 7.28. The molecular formula is C21H25NO3. The van der Waals surface area contributed by atoms with Gasteiger partial charge in [0.1, 0.15) is 17.9 Å². The maximum Gasteiger partial charge on any atom is 0.313 e. The molecule has 0 spiro atoms. The zero-order chi connectivity index (χ0) is 18.1. The van der Waals surface area contributed by atoms with Gasteiger partial charge in [-0.15, -0.1) is 0 Å². The molecule has 4 heteroatoms. The van der Waals surface area contributed by atoms with Crippen LogP contribution in [0, 0.1) is 11.3 Å². The SMILES string of the molecule is CCCCCC1=C(C#N)[C@@H](c2ccccc2)C=C(CC(=O)OCC)O1.